The summed E-state index contributed by atoms with van der Waals surface area (Å²) in [6.45, 7) is 0. The first kappa shape index (κ1) is 23.3. The molecule has 0 aliphatic carbocycles. The summed E-state index contributed by atoms with van der Waals surface area (Å²) < 4.78 is 15.2. The Labute approximate surface area is 244 Å². The lowest BCUT2D eigenvalue weighted by atomic mass is 10.1. The highest BCUT2D eigenvalue weighted by atomic mass is 32.1. The minimum absolute atomic E-state index is 0.610. The van der Waals surface area contributed by atoms with Crippen molar-refractivity contribution in [2.75, 3.05) is 4.90 Å². The molecule has 0 bridgehead atoms. The van der Waals surface area contributed by atoms with Crippen molar-refractivity contribution in [3.63, 3.8) is 0 Å². The van der Waals surface area contributed by atoms with Crippen LogP contribution >= 0.6 is 11.3 Å². The van der Waals surface area contributed by atoms with Gasteiger partial charge in [-0.25, -0.2) is 4.98 Å². The molecule has 0 saturated heterocycles. The minimum Gasteiger partial charge on any atom is -0.456 e. The molecular formula is C37H22N2O2S. The first-order chi connectivity index (χ1) is 20.8. The average molecular weight is 559 g/mol. The number of nitrogens with zero attached hydrogens (tertiary/aromatic N) is 2. The molecule has 42 heavy (non-hydrogen) atoms. The topological polar surface area (TPSA) is 42.4 Å². The van der Waals surface area contributed by atoms with Crippen molar-refractivity contribution in [2.45, 2.75) is 0 Å². The molecule has 0 aliphatic rings. The number of para-hydroxylation sites is 1. The van der Waals surface area contributed by atoms with Gasteiger partial charge in [0.15, 0.2) is 5.58 Å². The molecule has 0 atom stereocenters. The van der Waals surface area contributed by atoms with Crippen molar-refractivity contribution in [2.24, 2.45) is 0 Å². The van der Waals surface area contributed by atoms with Crippen LogP contribution in [0.15, 0.2) is 142 Å². The first-order valence-corrected chi connectivity index (χ1v) is 14.7. The molecule has 9 aromatic rings. The Kier molecular flexibility index (Phi) is 5.03. The number of hydrogen-bond donors (Lipinski definition) is 0. The molecule has 0 aliphatic heterocycles. The highest BCUT2D eigenvalue weighted by Gasteiger charge is 2.20. The van der Waals surface area contributed by atoms with Crippen LogP contribution in [0.3, 0.4) is 0 Å². The van der Waals surface area contributed by atoms with Crippen molar-refractivity contribution in [3.05, 3.63) is 133 Å². The van der Waals surface area contributed by atoms with Gasteiger partial charge in [-0.2, -0.15) is 0 Å². The van der Waals surface area contributed by atoms with E-state index in [9.17, 15) is 0 Å². The van der Waals surface area contributed by atoms with Gasteiger partial charge < -0.3 is 13.7 Å². The van der Waals surface area contributed by atoms with Crippen LogP contribution in [-0.2, 0) is 0 Å². The van der Waals surface area contributed by atoms with Crippen LogP contribution in [0.4, 0.5) is 17.1 Å². The van der Waals surface area contributed by atoms with Gasteiger partial charge in [-0.1, -0.05) is 60.7 Å². The maximum absolute atomic E-state index is 6.47. The summed E-state index contributed by atoms with van der Waals surface area (Å²) in [7, 11) is 0. The van der Waals surface area contributed by atoms with Crippen LogP contribution in [-0.4, -0.2) is 4.98 Å². The number of fused-ring (bicyclic) bond motifs is 7. The third-order valence-electron chi connectivity index (χ3n) is 7.88. The molecule has 4 nitrogen and oxygen atoms in total. The van der Waals surface area contributed by atoms with E-state index in [1.54, 1.807) is 0 Å². The Bertz CT molecular complexity index is 2420. The van der Waals surface area contributed by atoms with E-state index in [4.69, 9.17) is 13.8 Å². The summed E-state index contributed by atoms with van der Waals surface area (Å²) in [6, 6.07) is 46.2. The standard InChI is InChI=1S/C37H22N2O2S/c1-3-10-23(11-4-1)37-38-29-22-32-28(21-33(29)41-37)26-19-18-25(20-31(26)40-32)39(24-12-5-2-6-13-24)30-15-9-17-35-36(30)27-14-7-8-16-34(27)42-35/h1-22H. The second-order valence-electron chi connectivity index (χ2n) is 10.4. The molecule has 0 amide bonds. The lowest BCUT2D eigenvalue weighted by Crippen LogP contribution is -2.10. The number of rotatable bonds is 4. The van der Waals surface area contributed by atoms with Gasteiger partial charge in [0.1, 0.15) is 16.7 Å². The lowest BCUT2D eigenvalue weighted by molar-refractivity contribution is 0.620. The van der Waals surface area contributed by atoms with Crippen molar-refractivity contribution < 1.29 is 8.83 Å². The number of oxazole rings is 1. The zero-order valence-electron chi connectivity index (χ0n) is 22.3. The van der Waals surface area contributed by atoms with Crippen LogP contribution in [0.1, 0.15) is 0 Å². The van der Waals surface area contributed by atoms with E-state index in [1.165, 1.54) is 20.2 Å². The van der Waals surface area contributed by atoms with Crippen molar-refractivity contribution >= 4 is 81.6 Å². The summed E-state index contributed by atoms with van der Waals surface area (Å²) in [6.07, 6.45) is 0. The summed E-state index contributed by atoms with van der Waals surface area (Å²) >= 11 is 1.83. The van der Waals surface area contributed by atoms with Crippen LogP contribution < -0.4 is 4.90 Å². The Morgan fingerprint density at radius 2 is 1.29 bits per heavy atom. The van der Waals surface area contributed by atoms with Crippen LogP contribution in [0, 0.1) is 0 Å². The van der Waals surface area contributed by atoms with E-state index >= 15 is 0 Å². The summed E-state index contributed by atoms with van der Waals surface area (Å²) in [5, 5.41) is 4.58. The monoisotopic (exact) mass is 558 g/mol. The predicted molar refractivity (Wildman–Crippen MR) is 174 cm³/mol. The normalized spacial score (nSPS) is 11.8. The molecule has 3 aromatic heterocycles. The summed E-state index contributed by atoms with van der Waals surface area (Å²) in [5.74, 6) is 0.610. The van der Waals surface area contributed by atoms with Gasteiger partial charge in [0.25, 0.3) is 0 Å². The SMILES string of the molecule is c1ccc(-c2nc3cc4oc5cc(N(c6ccccc6)c6cccc7sc8ccccc8c67)ccc5c4cc3o2)cc1. The van der Waals surface area contributed by atoms with E-state index in [0.29, 0.717) is 5.89 Å². The summed E-state index contributed by atoms with van der Waals surface area (Å²) in [4.78, 5) is 7.07. The molecule has 0 spiro atoms. The van der Waals surface area contributed by atoms with Gasteiger partial charge in [-0.05, 0) is 60.7 Å². The number of benzene rings is 6. The van der Waals surface area contributed by atoms with Gasteiger partial charge in [0.05, 0.1) is 5.69 Å². The smallest absolute Gasteiger partial charge is 0.227 e. The van der Waals surface area contributed by atoms with Gasteiger partial charge in [0.2, 0.25) is 5.89 Å². The number of furan rings is 1. The van der Waals surface area contributed by atoms with E-state index in [1.807, 2.05) is 53.8 Å². The summed E-state index contributed by atoms with van der Waals surface area (Å²) in [5.41, 5.74) is 7.35. The number of thiophene rings is 1. The van der Waals surface area contributed by atoms with Crippen LogP contribution in [0.25, 0.3) is 64.7 Å². The number of anilines is 3. The van der Waals surface area contributed by atoms with E-state index < -0.39 is 0 Å². The van der Waals surface area contributed by atoms with E-state index in [0.717, 1.165) is 55.7 Å². The average Bonchev–Trinajstić information content (AvgIpc) is 3.73. The van der Waals surface area contributed by atoms with Crippen molar-refractivity contribution in [1.29, 1.82) is 0 Å². The molecule has 0 radical (unpaired) electrons. The molecule has 0 fully saturated rings. The molecular weight excluding hydrogens is 536 g/mol. The molecule has 198 valence electrons. The Morgan fingerprint density at radius 1 is 0.524 bits per heavy atom. The third-order valence-corrected chi connectivity index (χ3v) is 9.02. The molecule has 6 aromatic carbocycles. The Morgan fingerprint density at radius 3 is 2.17 bits per heavy atom. The molecule has 0 saturated carbocycles. The fourth-order valence-electron chi connectivity index (χ4n) is 5.98. The van der Waals surface area contributed by atoms with Gasteiger partial charge in [0, 0.05) is 60.0 Å². The fourth-order valence-corrected chi connectivity index (χ4v) is 7.10. The van der Waals surface area contributed by atoms with Crippen LogP contribution in [0.5, 0.6) is 0 Å². The highest BCUT2D eigenvalue weighted by molar-refractivity contribution is 7.26. The van der Waals surface area contributed by atoms with Crippen molar-refractivity contribution in [1.82, 2.24) is 4.98 Å². The lowest BCUT2D eigenvalue weighted by Gasteiger charge is -2.26. The Balaban J connectivity index is 1.23. The zero-order valence-corrected chi connectivity index (χ0v) is 23.1. The Hall–Kier alpha value is -5.39. The zero-order chi connectivity index (χ0) is 27.6. The van der Waals surface area contributed by atoms with Gasteiger partial charge in [-0.15, -0.1) is 11.3 Å². The minimum atomic E-state index is 0.610. The maximum atomic E-state index is 6.47. The third kappa shape index (κ3) is 3.57. The molecule has 0 N–H and O–H groups in total. The molecule has 0 unspecified atom stereocenters. The van der Waals surface area contributed by atoms with Crippen LogP contribution in [0.2, 0.25) is 0 Å². The second kappa shape index (κ2) is 9.06. The van der Waals surface area contributed by atoms with E-state index in [2.05, 4.69) is 95.9 Å². The van der Waals surface area contributed by atoms with Crippen molar-refractivity contribution in [3.8, 4) is 11.5 Å². The van der Waals surface area contributed by atoms with Gasteiger partial charge in [-0.3, -0.25) is 0 Å². The largest absolute Gasteiger partial charge is 0.456 e. The maximum Gasteiger partial charge on any atom is 0.227 e. The molecule has 3 heterocycles. The number of hydrogen-bond acceptors (Lipinski definition) is 5. The molecule has 9 rings (SSSR count). The fraction of sp³-hybridized carbons (Fsp3) is 0. The highest BCUT2D eigenvalue weighted by Crippen LogP contribution is 2.45. The molecule has 5 heteroatoms. The van der Waals surface area contributed by atoms with E-state index in [-0.39, 0.29) is 0 Å². The predicted octanol–water partition coefficient (Wildman–Crippen LogP) is 11.2. The quantitative estimate of drug-likeness (QED) is 0.215. The van der Waals surface area contributed by atoms with Gasteiger partial charge >= 0.3 is 0 Å². The second-order valence-corrected chi connectivity index (χ2v) is 11.5. The number of aromatic nitrogens is 1. The first-order valence-electron chi connectivity index (χ1n) is 13.9.